The molecule has 0 amide bonds. The normalized spacial score (nSPS) is 30.7. The lowest BCUT2D eigenvalue weighted by atomic mass is 9.43. The lowest BCUT2D eigenvalue weighted by molar-refractivity contribution is -0.0399. The maximum atomic E-state index is 2.72. The molecule has 0 atom stereocenters. The minimum Gasteiger partial charge on any atom is -0.310 e. The summed E-state index contributed by atoms with van der Waals surface area (Å²) in [5.41, 5.74) is 17.2. The highest BCUT2D eigenvalue weighted by atomic mass is 15.1. The minimum absolute atomic E-state index is 0.0881. The van der Waals surface area contributed by atoms with Crippen molar-refractivity contribution in [3.05, 3.63) is 112 Å². The van der Waals surface area contributed by atoms with Crippen LogP contribution >= 0.6 is 0 Å². The topological polar surface area (TPSA) is 3.24 Å². The molecular weight excluding hydrogens is 615 g/mol. The van der Waals surface area contributed by atoms with Crippen LogP contribution in [0.1, 0.15) is 147 Å². The number of hydrogen-bond donors (Lipinski definition) is 0. The molecule has 4 aromatic carbocycles. The zero-order valence-electron chi connectivity index (χ0n) is 32.6. The molecule has 0 aromatic heterocycles. The van der Waals surface area contributed by atoms with Crippen LogP contribution in [-0.2, 0) is 27.1 Å². The number of rotatable bonds is 3. The molecule has 0 unspecified atom stereocenters. The van der Waals surface area contributed by atoms with E-state index in [0.29, 0.717) is 0 Å². The van der Waals surface area contributed by atoms with Gasteiger partial charge in [-0.3, -0.25) is 0 Å². The predicted octanol–water partition coefficient (Wildman–Crippen LogP) is 13.6. The molecular formula is C50H59N. The van der Waals surface area contributed by atoms with Crippen LogP contribution in [0.25, 0.3) is 11.1 Å². The zero-order valence-corrected chi connectivity index (χ0v) is 32.6. The number of anilines is 3. The van der Waals surface area contributed by atoms with Crippen molar-refractivity contribution in [1.29, 1.82) is 0 Å². The summed E-state index contributed by atoms with van der Waals surface area (Å²) in [5.74, 6) is 3.41. The van der Waals surface area contributed by atoms with Gasteiger partial charge >= 0.3 is 0 Å². The second-order valence-corrected chi connectivity index (χ2v) is 20.7. The molecule has 0 saturated heterocycles. The van der Waals surface area contributed by atoms with Crippen LogP contribution in [0.2, 0.25) is 0 Å². The van der Waals surface area contributed by atoms with Crippen molar-refractivity contribution >= 4 is 17.1 Å². The molecule has 51 heavy (non-hydrogen) atoms. The predicted molar refractivity (Wildman–Crippen MR) is 215 cm³/mol. The summed E-state index contributed by atoms with van der Waals surface area (Å²) in [6.07, 6.45) is 12.0. The number of benzene rings is 4. The molecule has 4 saturated carbocycles. The summed E-state index contributed by atoms with van der Waals surface area (Å²) in [6.45, 7) is 19.8. The molecule has 0 radical (unpaired) electrons. The van der Waals surface area contributed by atoms with Gasteiger partial charge in [-0.05, 0) is 178 Å². The van der Waals surface area contributed by atoms with E-state index >= 15 is 0 Å². The van der Waals surface area contributed by atoms with Gasteiger partial charge in [0.25, 0.3) is 0 Å². The Kier molecular flexibility index (Phi) is 6.61. The van der Waals surface area contributed by atoms with E-state index in [0.717, 1.165) is 23.7 Å². The Bertz CT molecular complexity index is 2060. The quantitative estimate of drug-likeness (QED) is 0.209. The second kappa shape index (κ2) is 10.4. The first-order valence-corrected chi connectivity index (χ1v) is 20.5. The highest BCUT2D eigenvalue weighted by Gasteiger charge is 2.61. The van der Waals surface area contributed by atoms with Crippen molar-refractivity contribution in [2.24, 2.45) is 23.7 Å². The fraction of sp³-hybridized carbons (Fsp3) is 0.520. The first-order valence-electron chi connectivity index (χ1n) is 20.5. The number of hydrogen-bond acceptors (Lipinski definition) is 1. The number of fused-ring (bicyclic) bond motifs is 5. The molecule has 0 N–H and O–H groups in total. The molecule has 11 rings (SSSR count). The number of nitrogens with zero attached hydrogens (tertiary/aromatic N) is 1. The van der Waals surface area contributed by atoms with Gasteiger partial charge in [-0.1, -0.05) is 104 Å². The van der Waals surface area contributed by atoms with Gasteiger partial charge in [-0.25, -0.2) is 0 Å². The van der Waals surface area contributed by atoms with Gasteiger partial charge in [0.05, 0.1) is 5.69 Å². The van der Waals surface area contributed by atoms with E-state index in [4.69, 9.17) is 0 Å². The summed E-state index contributed by atoms with van der Waals surface area (Å²) in [7, 11) is 0. The third-order valence-electron chi connectivity index (χ3n) is 16.0. The van der Waals surface area contributed by atoms with Crippen molar-refractivity contribution in [2.75, 3.05) is 4.90 Å². The molecule has 0 heterocycles. The van der Waals surface area contributed by atoms with E-state index in [1.54, 1.807) is 16.7 Å². The van der Waals surface area contributed by atoms with E-state index in [-0.39, 0.29) is 27.1 Å². The van der Waals surface area contributed by atoms with Crippen LogP contribution in [0.3, 0.4) is 0 Å². The highest BCUT2D eigenvalue weighted by molar-refractivity contribution is 5.87. The molecule has 1 heteroatoms. The molecule has 4 bridgehead atoms. The zero-order chi connectivity index (χ0) is 35.3. The SMILES string of the molecule is CC1(C)CCC(C)(C)c2cc(N(c3ccc4c(c3)C3(c5ccccc5-4)C4CC5CC(C4)CC3C5)c3cccc4c3C(C)(C)CCC4(C)C)ccc21. The lowest BCUT2D eigenvalue weighted by Crippen LogP contribution is -2.55. The Morgan fingerprint density at radius 1 is 0.451 bits per heavy atom. The van der Waals surface area contributed by atoms with Gasteiger partial charge < -0.3 is 4.90 Å². The Hall–Kier alpha value is -3.32. The third-order valence-corrected chi connectivity index (χ3v) is 16.0. The molecule has 4 fully saturated rings. The minimum atomic E-state index is 0.0881. The Morgan fingerprint density at radius 2 is 0.980 bits per heavy atom. The van der Waals surface area contributed by atoms with Crippen LogP contribution in [0.15, 0.2) is 78.9 Å². The summed E-state index contributed by atoms with van der Waals surface area (Å²) < 4.78 is 0. The van der Waals surface area contributed by atoms with E-state index in [2.05, 4.69) is 139 Å². The third kappa shape index (κ3) is 4.39. The van der Waals surface area contributed by atoms with Crippen molar-refractivity contribution in [2.45, 2.75) is 140 Å². The van der Waals surface area contributed by atoms with Crippen LogP contribution in [0.4, 0.5) is 17.1 Å². The average Bonchev–Trinajstić information content (AvgIpc) is 3.38. The monoisotopic (exact) mass is 673 g/mol. The molecule has 1 nitrogen and oxygen atoms in total. The van der Waals surface area contributed by atoms with Gasteiger partial charge in [0.2, 0.25) is 0 Å². The Morgan fingerprint density at radius 3 is 1.67 bits per heavy atom. The van der Waals surface area contributed by atoms with Gasteiger partial charge in [-0.15, -0.1) is 0 Å². The van der Waals surface area contributed by atoms with Crippen molar-refractivity contribution in [1.82, 2.24) is 0 Å². The average molecular weight is 674 g/mol. The van der Waals surface area contributed by atoms with Gasteiger partial charge in [0.1, 0.15) is 0 Å². The van der Waals surface area contributed by atoms with Crippen LogP contribution < -0.4 is 4.90 Å². The molecule has 1 spiro atoms. The van der Waals surface area contributed by atoms with Crippen LogP contribution in [0.5, 0.6) is 0 Å². The summed E-state index contributed by atoms with van der Waals surface area (Å²) in [6, 6.07) is 32.2. The maximum absolute atomic E-state index is 2.72. The molecule has 7 aliphatic rings. The lowest BCUT2D eigenvalue weighted by Gasteiger charge is -2.61. The summed E-state index contributed by atoms with van der Waals surface area (Å²) >= 11 is 0. The molecule has 7 aliphatic carbocycles. The van der Waals surface area contributed by atoms with Crippen LogP contribution in [-0.4, -0.2) is 0 Å². The van der Waals surface area contributed by atoms with E-state index < -0.39 is 0 Å². The van der Waals surface area contributed by atoms with E-state index in [1.165, 1.54) is 103 Å². The van der Waals surface area contributed by atoms with Crippen molar-refractivity contribution in [3.63, 3.8) is 0 Å². The van der Waals surface area contributed by atoms with Crippen molar-refractivity contribution < 1.29 is 0 Å². The standard InChI is InChI=1S/C50H59N/c1-46(2)20-21-48(5,6)43-30-36(17-19-40(43)46)51(44-15-11-14-41-45(44)49(7,8)23-22-47(41,3)4)35-16-18-38-37-12-9-10-13-39(37)50(42(38)29-35)33-25-31-24-32(27-33)28-34(50)26-31/h9-19,29-34H,20-28H2,1-8H3. The van der Waals surface area contributed by atoms with Gasteiger partial charge in [-0.2, -0.15) is 0 Å². The fourth-order valence-corrected chi connectivity index (χ4v) is 13.3. The van der Waals surface area contributed by atoms with Crippen molar-refractivity contribution in [3.8, 4) is 11.1 Å². The van der Waals surface area contributed by atoms with Gasteiger partial charge in [0, 0.05) is 16.8 Å². The fourth-order valence-electron chi connectivity index (χ4n) is 13.3. The smallest absolute Gasteiger partial charge is 0.0502 e. The van der Waals surface area contributed by atoms with Gasteiger partial charge in [0.15, 0.2) is 0 Å². The summed E-state index contributed by atoms with van der Waals surface area (Å²) in [5, 5.41) is 0. The first kappa shape index (κ1) is 32.3. The molecule has 4 aromatic rings. The highest BCUT2D eigenvalue weighted by Crippen LogP contribution is 2.70. The molecule has 264 valence electrons. The van der Waals surface area contributed by atoms with E-state index in [1.807, 2.05) is 0 Å². The molecule has 0 aliphatic heterocycles. The first-order chi connectivity index (χ1) is 24.2. The maximum Gasteiger partial charge on any atom is 0.0502 e. The van der Waals surface area contributed by atoms with Crippen LogP contribution in [0, 0.1) is 23.7 Å². The Labute approximate surface area is 308 Å². The Balaban J connectivity index is 1.24. The summed E-state index contributed by atoms with van der Waals surface area (Å²) in [4.78, 5) is 2.72. The van der Waals surface area contributed by atoms with E-state index in [9.17, 15) is 0 Å². The largest absolute Gasteiger partial charge is 0.310 e. The second-order valence-electron chi connectivity index (χ2n) is 20.7.